The third kappa shape index (κ3) is 7.27. The van der Waals surface area contributed by atoms with Crippen LogP contribution in [0, 0.1) is 5.82 Å². The number of nitrogens with one attached hydrogen (secondary N) is 2. The van der Waals surface area contributed by atoms with E-state index in [0.29, 0.717) is 5.56 Å². The van der Waals surface area contributed by atoms with Crippen LogP contribution in [0.3, 0.4) is 0 Å². The van der Waals surface area contributed by atoms with Gasteiger partial charge in [0, 0.05) is 30.9 Å². The number of carbonyl (C=O) groups excluding carboxylic acids is 2. The molecule has 1 atom stereocenters. The Morgan fingerprint density at radius 2 is 1.93 bits per heavy atom. The lowest BCUT2D eigenvalue weighted by atomic mass is 9.82. The van der Waals surface area contributed by atoms with Crippen LogP contribution < -0.4 is 15.4 Å². The molecule has 2 N–H and O–H groups in total. The monoisotopic (exact) mass is 616 g/mol. The Morgan fingerprint density at radius 3 is 2.56 bits per heavy atom. The van der Waals surface area contributed by atoms with Gasteiger partial charge in [0.1, 0.15) is 28.7 Å². The van der Waals surface area contributed by atoms with Crippen molar-refractivity contribution in [3.8, 4) is 5.75 Å². The van der Waals surface area contributed by atoms with Crippen molar-refractivity contribution in [1.29, 1.82) is 0 Å². The van der Waals surface area contributed by atoms with E-state index in [9.17, 15) is 44.3 Å². The van der Waals surface area contributed by atoms with Crippen molar-refractivity contribution in [2.45, 2.75) is 50.3 Å². The number of nitrogens with zero attached hydrogens (tertiary/aromatic N) is 2. The highest BCUT2D eigenvalue weighted by atomic mass is 32.2. The molecule has 0 unspecified atom stereocenters. The maximum absolute atomic E-state index is 15.3. The summed E-state index contributed by atoms with van der Waals surface area (Å²) in [7, 11) is -3.79. The van der Waals surface area contributed by atoms with Crippen LogP contribution in [-0.4, -0.2) is 67.8 Å². The predicted molar refractivity (Wildman–Crippen MR) is 126 cm³/mol. The molecule has 1 aliphatic heterocycles. The zero-order chi connectivity index (χ0) is 30.4. The molecule has 18 heteroatoms. The first kappa shape index (κ1) is 30.5. The van der Waals surface area contributed by atoms with Crippen molar-refractivity contribution in [2.24, 2.45) is 0 Å². The van der Waals surface area contributed by atoms with Crippen molar-refractivity contribution in [2.75, 3.05) is 30.5 Å². The number of benzene rings is 1. The van der Waals surface area contributed by atoms with Crippen LogP contribution in [0.2, 0.25) is 0 Å². The largest absolute Gasteiger partial charge is 0.522 e. The molecule has 0 radical (unpaired) electrons. The molecule has 2 aromatic rings. The molecule has 1 spiro atoms. The highest BCUT2D eigenvalue weighted by Gasteiger charge is 2.48. The van der Waals surface area contributed by atoms with Crippen LogP contribution >= 0.6 is 0 Å². The molecule has 1 aromatic heterocycles. The Kier molecular flexibility index (Phi) is 8.03. The average molecular weight is 617 g/mol. The SMILES string of the molecule is CS(=O)(=O)CC(=O)Nc1c2c(nn1CCCOC(F)(F)F)C[C@@]1(CCc3cc(OCC(F)(F)F)cc(F)c31)NC2=O. The van der Waals surface area contributed by atoms with Gasteiger partial charge in [-0.25, -0.2) is 17.5 Å². The third-order valence-electron chi connectivity index (χ3n) is 6.35. The van der Waals surface area contributed by atoms with Gasteiger partial charge in [0.25, 0.3) is 5.91 Å². The maximum Gasteiger partial charge on any atom is 0.522 e. The third-order valence-corrected chi connectivity index (χ3v) is 7.14. The molecule has 226 valence electrons. The number of fused-ring (bicyclic) bond motifs is 3. The summed E-state index contributed by atoms with van der Waals surface area (Å²) in [5.74, 6) is -4.34. The summed E-state index contributed by atoms with van der Waals surface area (Å²) in [6.07, 6.45) is -8.83. The second-order valence-electron chi connectivity index (χ2n) is 9.72. The molecule has 1 aromatic carbocycles. The number of halogens is 7. The number of rotatable bonds is 9. The minimum atomic E-state index is -4.89. The highest BCUT2D eigenvalue weighted by molar-refractivity contribution is 7.91. The molecule has 0 bridgehead atoms. The van der Waals surface area contributed by atoms with E-state index in [1.54, 1.807) is 0 Å². The van der Waals surface area contributed by atoms with Crippen LogP contribution in [0.25, 0.3) is 0 Å². The number of ether oxygens (including phenoxy) is 2. The van der Waals surface area contributed by atoms with Crippen molar-refractivity contribution in [3.05, 3.63) is 40.3 Å². The number of amides is 2. The van der Waals surface area contributed by atoms with E-state index < -0.39 is 64.5 Å². The molecule has 0 fully saturated rings. The lowest BCUT2D eigenvalue weighted by Crippen LogP contribution is -2.50. The Balaban J connectivity index is 1.65. The van der Waals surface area contributed by atoms with Crippen molar-refractivity contribution >= 4 is 27.5 Å². The smallest absolute Gasteiger partial charge is 0.484 e. The molecular formula is C23H23F7N4O6S. The Bertz CT molecular complexity index is 1470. The van der Waals surface area contributed by atoms with Gasteiger partial charge in [0.2, 0.25) is 5.91 Å². The molecule has 0 saturated carbocycles. The number of aromatic nitrogens is 2. The van der Waals surface area contributed by atoms with Crippen LogP contribution in [0.5, 0.6) is 5.75 Å². The minimum absolute atomic E-state index is 0.0200. The standard InChI is InChI=1S/C23H23F7N4O6S/c1-41(37,38)10-16(35)31-19-17-15(33-34(19)5-2-6-40-23(28,29)30)9-21(32-20(17)36)4-3-12-7-13(8-14(24)18(12)21)39-11-22(25,26)27/h7-8H,2-6,9-11H2,1H3,(H,31,35)(H,32,36)/t21-/m1/s1. The van der Waals surface area contributed by atoms with Crippen LogP contribution in [0.4, 0.5) is 36.6 Å². The van der Waals surface area contributed by atoms with E-state index in [1.165, 1.54) is 6.07 Å². The Labute approximate surface area is 228 Å². The molecule has 1 aliphatic carbocycles. The fourth-order valence-corrected chi connectivity index (χ4v) is 5.52. The Morgan fingerprint density at radius 1 is 1.22 bits per heavy atom. The summed E-state index contributed by atoms with van der Waals surface area (Å²) in [5, 5.41) is 9.23. The second-order valence-corrected chi connectivity index (χ2v) is 11.9. The summed E-state index contributed by atoms with van der Waals surface area (Å²) in [4.78, 5) is 25.7. The van der Waals surface area contributed by atoms with Crippen molar-refractivity contribution < 1.29 is 58.2 Å². The number of anilines is 1. The lowest BCUT2D eigenvalue weighted by Gasteiger charge is -2.35. The first-order chi connectivity index (χ1) is 18.9. The van der Waals surface area contributed by atoms with Gasteiger partial charge >= 0.3 is 12.5 Å². The minimum Gasteiger partial charge on any atom is -0.484 e. The van der Waals surface area contributed by atoms with Gasteiger partial charge < -0.3 is 15.4 Å². The molecule has 2 aliphatic rings. The van der Waals surface area contributed by atoms with E-state index in [4.69, 9.17) is 0 Å². The van der Waals surface area contributed by atoms with Crippen molar-refractivity contribution in [1.82, 2.24) is 15.1 Å². The molecule has 4 rings (SSSR count). The van der Waals surface area contributed by atoms with Crippen LogP contribution in [-0.2, 0) is 44.3 Å². The zero-order valence-corrected chi connectivity index (χ0v) is 22.0. The summed E-state index contributed by atoms with van der Waals surface area (Å²) in [6.45, 7) is -2.68. The van der Waals surface area contributed by atoms with Crippen molar-refractivity contribution in [3.63, 3.8) is 0 Å². The van der Waals surface area contributed by atoms with Crippen LogP contribution in [0.1, 0.15) is 40.0 Å². The number of hydrogen-bond donors (Lipinski definition) is 2. The summed E-state index contributed by atoms with van der Waals surface area (Å²) >= 11 is 0. The first-order valence-electron chi connectivity index (χ1n) is 12.0. The number of alkyl halides is 6. The fourth-order valence-electron chi connectivity index (χ4n) is 4.97. The average Bonchev–Trinajstić information content (AvgIpc) is 3.31. The fraction of sp³-hybridized carbons (Fsp3) is 0.522. The molecule has 0 saturated heterocycles. The number of sulfone groups is 1. The zero-order valence-electron chi connectivity index (χ0n) is 21.2. The van der Waals surface area contributed by atoms with Gasteiger partial charge in [-0.3, -0.25) is 14.3 Å². The van der Waals surface area contributed by atoms with E-state index in [-0.39, 0.29) is 60.6 Å². The van der Waals surface area contributed by atoms with Gasteiger partial charge in [0.15, 0.2) is 16.4 Å². The summed E-state index contributed by atoms with van der Waals surface area (Å²) in [6, 6.07) is 2.02. The second kappa shape index (κ2) is 10.8. The number of aryl methyl sites for hydroxylation is 2. The van der Waals surface area contributed by atoms with Crippen LogP contribution in [0.15, 0.2) is 12.1 Å². The predicted octanol–water partition coefficient (Wildman–Crippen LogP) is 3.00. The Hall–Kier alpha value is -3.41. The molecule has 10 nitrogen and oxygen atoms in total. The molecular weight excluding hydrogens is 593 g/mol. The number of hydrogen-bond acceptors (Lipinski definition) is 7. The van der Waals surface area contributed by atoms with Gasteiger partial charge in [0.05, 0.1) is 17.8 Å². The van der Waals surface area contributed by atoms with E-state index >= 15 is 4.39 Å². The maximum atomic E-state index is 15.3. The number of carbonyl (C=O) groups is 2. The quantitative estimate of drug-likeness (QED) is 0.328. The van der Waals surface area contributed by atoms with E-state index in [2.05, 4.69) is 25.2 Å². The highest BCUT2D eigenvalue weighted by Crippen LogP contribution is 2.45. The molecule has 2 heterocycles. The molecule has 2 amide bonds. The van der Waals surface area contributed by atoms with E-state index in [1.807, 2.05) is 0 Å². The lowest BCUT2D eigenvalue weighted by molar-refractivity contribution is -0.324. The van der Waals surface area contributed by atoms with E-state index in [0.717, 1.165) is 17.0 Å². The topological polar surface area (TPSA) is 129 Å². The summed E-state index contributed by atoms with van der Waals surface area (Å²) in [5.41, 5.74) is -1.18. The van der Waals surface area contributed by atoms with Gasteiger partial charge in [-0.2, -0.15) is 18.3 Å². The first-order valence-corrected chi connectivity index (χ1v) is 14.0. The van der Waals surface area contributed by atoms with Gasteiger partial charge in [-0.15, -0.1) is 13.2 Å². The summed E-state index contributed by atoms with van der Waals surface area (Å²) < 4.78 is 123. The molecule has 41 heavy (non-hydrogen) atoms. The van der Waals surface area contributed by atoms with Gasteiger partial charge in [-0.05, 0) is 30.9 Å². The normalized spacial score (nSPS) is 18.7. The van der Waals surface area contributed by atoms with Gasteiger partial charge in [-0.1, -0.05) is 0 Å².